The summed E-state index contributed by atoms with van der Waals surface area (Å²) in [4.78, 5) is 23.6. The molecule has 0 unspecified atom stereocenters. The smallest absolute Gasteiger partial charge is 0.357 e. The number of benzene rings is 1. The van der Waals surface area contributed by atoms with Gasteiger partial charge in [0.25, 0.3) is 5.91 Å². The Morgan fingerprint density at radius 2 is 1.92 bits per heavy atom. The van der Waals surface area contributed by atoms with E-state index in [1.165, 1.54) is 10.9 Å². The second kappa shape index (κ2) is 7.12. The second-order valence-electron chi connectivity index (χ2n) is 5.78. The number of rotatable bonds is 5. The van der Waals surface area contributed by atoms with Crippen molar-refractivity contribution in [3.63, 3.8) is 0 Å². The van der Waals surface area contributed by atoms with E-state index in [1.807, 2.05) is 31.2 Å². The molecule has 0 radical (unpaired) electrons. The van der Waals surface area contributed by atoms with Gasteiger partial charge in [0.05, 0.1) is 12.1 Å². The van der Waals surface area contributed by atoms with E-state index in [1.54, 1.807) is 17.8 Å². The van der Waals surface area contributed by atoms with Gasteiger partial charge in [0.15, 0.2) is 11.5 Å². The fraction of sp³-hybridized carbons (Fsp3) is 0.176. The summed E-state index contributed by atoms with van der Waals surface area (Å²) in [6, 6.07) is 9.60. The minimum absolute atomic E-state index is 0.0138. The van der Waals surface area contributed by atoms with Gasteiger partial charge in [0, 0.05) is 29.5 Å². The number of carbonyl (C=O) groups excluding carboxylic acids is 1. The lowest BCUT2D eigenvalue weighted by molar-refractivity contribution is 0.0685. The van der Waals surface area contributed by atoms with E-state index >= 15 is 0 Å². The SMILES string of the molecule is Cc1cc(NC(=O)c2cn(C)nc2C(=O)O)nn1Cc1ccc(Br)cc1. The first-order valence-electron chi connectivity index (χ1n) is 7.70. The molecular weight excluding hydrogens is 402 g/mol. The maximum atomic E-state index is 12.4. The molecule has 9 heteroatoms. The number of nitrogens with one attached hydrogen (secondary N) is 1. The highest BCUT2D eigenvalue weighted by molar-refractivity contribution is 9.10. The number of hydrogen-bond donors (Lipinski definition) is 2. The van der Waals surface area contributed by atoms with Gasteiger partial charge in [-0.1, -0.05) is 28.1 Å². The maximum absolute atomic E-state index is 12.4. The van der Waals surface area contributed by atoms with Gasteiger partial charge in [-0.15, -0.1) is 0 Å². The normalized spacial score (nSPS) is 10.7. The van der Waals surface area contributed by atoms with Crippen molar-refractivity contribution in [2.24, 2.45) is 7.05 Å². The highest BCUT2D eigenvalue weighted by atomic mass is 79.9. The van der Waals surface area contributed by atoms with Crippen molar-refractivity contribution in [2.75, 3.05) is 5.32 Å². The number of carboxylic acid groups (broad SMARTS) is 1. The average Bonchev–Trinajstić information content (AvgIpc) is 3.13. The Hall–Kier alpha value is -2.94. The minimum Gasteiger partial charge on any atom is -0.476 e. The molecule has 0 atom stereocenters. The van der Waals surface area contributed by atoms with Crippen LogP contribution in [-0.2, 0) is 13.6 Å². The fourth-order valence-electron chi connectivity index (χ4n) is 2.49. The number of anilines is 1. The number of amides is 1. The Morgan fingerprint density at radius 3 is 2.58 bits per heavy atom. The van der Waals surface area contributed by atoms with Gasteiger partial charge in [-0.05, 0) is 24.6 Å². The molecule has 0 fully saturated rings. The third-order valence-electron chi connectivity index (χ3n) is 3.74. The van der Waals surface area contributed by atoms with Crippen LogP contribution in [0.1, 0.15) is 32.1 Å². The molecule has 2 aromatic heterocycles. The Kier molecular flexibility index (Phi) is 4.90. The molecule has 0 bridgehead atoms. The Bertz CT molecular complexity index is 975. The summed E-state index contributed by atoms with van der Waals surface area (Å²) in [5, 5.41) is 19.9. The molecule has 0 saturated heterocycles. The summed E-state index contributed by atoms with van der Waals surface area (Å²) in [5.41, 5.74) is 1.63. The number of carboxylic acids is 1. The summed E-state index contributed by atoms with van der Waals surface area (Å²) in [6.45, 7) is 2.44. The number of aromatic nitrogens is 4. The lowest BCUT2D eigenvalue weighted by Gasteiger charge is -2.05. The largest absolute Gasteiger partial charge is 0.476 e. The first-order chi connectivity index (χ1) is 12.3. The van der Waals surface area contributed by atoms with Gasteiger partial charge in [-0.3, -0.25) is 14.2 Å². The van der Waals surface area contributed by atoms with E-state index in [0.717, 1.165) is 15.7 Å². The number of nitrogens with zero attached hydrogens (tertiary/aromatic N) is 4. The standard InChI is InChI=1S/C17H16BrN5O3/c1-10-7-14(20-23(10)8-11-3-5-12(18)6-4-11)19-16(24)13-9-22(2)21-15(13)17(25)26/h3-7,9H,8H2,1-2H3,(H,25,26)(H,19,20,24). The Morgan fingerprint density at radius 1 is 1.23 bits per heavy atom. The molecule has 26 heavy (non-hydrogen) atoms. The van der Waals surface area contributed by atoms with E-state index in [9.17, 15) is 9.59 Å². The number of aryl methyl sites for hydroxylation is 2. The number of hydrogen-bond acceptors (Lipinski definition) is 4. The first kappa shape index (κ1) is 17.9. The van der Waals surface area contributed by atoms with Gasteiger partial charge < -0.3 is 10.4 Å². The van der Waals surface area contributed by atoms with E-state index in [0.29, 0.717) is 12.4 Å². The summed E-state index contributed by atoms with van der Waals surface area (Å²) in [5.74, 6) is -1.47. The van der Waals surface area contributed by atoms with Gasteiger partial charge in [-0.25, -0.2) is 4.79 Å². The molecule has 134 valence electrons. The minimum atomic E-state index is -1.26. The van der Waals surface area contributed by atoms with Crippen LogP contribution in [0, 0.1) is 6.92 Å². The van der Waals surface area contributed by atoms with Gasteiger partial charge in [0.2, 0.25) is 0 Å². The quantitative estimate of drug-likeness (QED) is 0.664. The highest BCUT2D eigenvalue weighted by Gasteiger charge is 2.21. The van der Waals surface area contributed by atoms with Crippen LogP contribution < -0.4 is 5.32 Å². The van der Waals surface area contributed by atoms with Crippen LogP contribution in [0.2, 0.25) is 0 Å². The molecular formula is C17H16BrN5O3. The molecule has 1 amide bonds. The average molecular weight is 418 g/mol. The molecule has 8 nitrogen and oxygen atoms in total. The zero-order chi connectivity index (χ0) is 18.8. The summed E-state index contributed by atoms with van der Waals surface area (Å²) in [7, 11) is 1.56. The summed E-state index contributed by atoms with van der Waals surface area (Å²) >= 11 is 3.40. The fourth-order valence-corrected chi connectivity index (χ4v) is 2.75. The van der Waals surface area contributed by atoms with Crippen molar-refractivity contribution in [3.8, 4) is 0 Å². The lowest BCUT2D eigenvalue weighted by Crippen LogP contribution is -2.16. The number of carbonyl (C=O) groups is 2. The van der Waals surface area contributed by atoms with Crippen molar-refractivity contribution < 1.29 is 14.7 Å². The van der Waals surface area contributed by atoms with Gasteiger partial charge in [0.1, 0.15) is 0 Å². The van der Waals surface area contributed by atoms with Crippen LogP contribution in [0.15, 0.2) is 41.0 Å². The molecule has 0 aliphatic heterocycles. The molecule has 2 N–H and O–H groups in total. The molecule has 0 spiro atoms. The van der Waals surface area contributed by atoms with E-state index in [4.69, 9.17) is 5.11 Å². The molecule has 0 aliphatic rings. The third kappa shape index (κ3) is 3.83. The molecule has 1 aromatic carbocycles. The van der Waals surface area contributed by atoms with Crippen LogP contribution in [-0.4, -0.2) is 36.5 Å². The van der Waals surface area contributed by atoms with Crippen LogP contribution in [0.5, 0.6) is 0 Å². The van der Waals surface area contributed by atoms with Gasteiger partial charge in [-0.2, -0.15) is 10.2 Å². The lowest BCUT2D eigenvalue weighted by atomic mass is 10.2. The summed E-state index contributed by atoms with van der Waals surface area (Å²) < 4.78 is 4.05. The third-order valence-corrected chi connectivity index (χ3v) is 4.27. The monoisotopic (exact) mass is 417 g/mol. The molecule has 2 heterocycles. The predicted molar refractivity (Wildman–Crippen MR) is 98.3 cm³/mol. The summed E-state index contributed by atoms with van der Waals surface area (Å²) in [6.07, 6.45) is 1.37. The first-order valence-corrected chi connectivity index (χ1v) is 8.50. The number of halogens is 1. The van der Waals surface area contributed by atoms with Crippen molar-refractivity contribution >= 4 is 33.6 Å². The van der Waals surface area contributed by atoms with Gasteiger partial charge >= 0.3 is 5.97 Å². The van der Waals surface area contributed by atoms with E-state index < -0.39 is 11.9 Å². The topological polar surface area (TPSA) is 102 Å². The zero-order valence-corrected chi connectivity index (χ0v) is 15.7. The molecule has 3 rings (SSSR count). The Labute approximate surface area is 157 Å². The maximum Gasteiger partial charge on any atom is 0.357 e. The molecule has 0 aliphatic carbocycles. The number of aromatic carboxylic acids is 1. The second-order valence-corrected chi connectivity index (χ2v) is 6.70. The predicted octanol–water partition coefficient (Wildman–Crippen LogP) is 2.69. The zero-order valence-electron chi connectivity index (χ0n) is 14.1. The molecule has 3 aromatic rings. The van der Waals surface area contributed by atoms with E-state index in [-0.39, 0.29) is 11.3 Å². The van der Waals surface area contributed by atoms with Crippen LogP contribution in [0.3, 0.4) is 0 Å². The van der Waals surface area contributed by atoms with Crippen LogP contribution >= 0.6 is 15.9 Å². The van der Waals surface area contributed by atoms with Crippen LogP contribution in [0.4, 0.5) is 5.82 Å². The highest BCUT2D eigenvalue weighted by Crippen LogP contribution is 2.16. The van der Waals surface area contributed by atoms with Crippen molar-refractivity contribution in [3.05, 3.63) is 63.5 Å². The van der Waals surface area contributed by atoms with Crippen molar-refractivity contribution in [1.82, 2.24) is 19.6 Å². The van der Waals surface area contributed by atoms with Crippen molar-refractivity contribution in [2.45, 2.75) is 13.5 Å². The van der Waals surface area contributed by atoms with E-state index in [2.05, 4.69) is 31.4 Å². The van der Waals surface area contributed by atoms with Crippen molar-refractivity contribution in [1.29, 1.82) is 0 Å². The Balaban J connectivity index is 1.78. The van der Waals surface area contributed by atoms with Crippen LogP contribution in [0.25, 0.3) is 0 Å². The molecule has 0 saturated carbocycles.